The number of rotatable bonds is 3. The molecule has 1 N–H and O–H groups in total. The number of hydrogen-bond acceptors (Lipinski definition) is 3. The highest BCUT2D eigenvalue weighted by atomic mass is 32.1. The summed E-state index contributed by atoms with van der Waals surface area (Å²) in [6.45, 7) is 4.82. The first-order valence-corrected chi connectivity index (χ1v) is 12.0. The molecule has 31 heavy (non-hydrogen) atoms. The summed E-state index contributed by atoms with van der Waals surface area (Å²) >= 11 is 1.92. The van der Waals surface area contributed by atoms with Crippen LogP contribution in [0.2, 0.25) is 0 Å². The number of nitrogens with zero attached hydrogens (tertiary/aromatic N) is 2. The van der Waals surface area contributed by atoms with Crippen LogP contribution in [0.15, 0.2) is 36.5 Å². The molecule has 0 bridgehead atoms. The number of aromatic nitrogens is 1. The molecule has 3 heterocycles. The molecule has 2 amide bonds. The molecule has 0 saturated heterocycles. The van der Waals surface area contributed by atoms with Gasteiger partial charge in [0.25, 0.3) is 0 Å². The van der Waals surface area contributed by atoms with Crippen LogP contribution in [0.4, 0.5) is 10.5 Å². The lowest BCUT2D eigenvalue weighted by Gasteiger charge is -2.30. The fourth-order valence-electron chi connectivity index (χ4n) is 5.01. The normalized spacial score (nSPS) is 17.4. The van der Waals surface area contributed by atoms with Crippen molar-refractivity contribution in [2.45, 2.75) is 58.5 Å². The summed E-state index contributed by atoms with van der Waals surface area (Å²) < 4.78 is 7.82. The van der Waals surface area contributed by atoms with Crippen molar-refractivity contribution < 1.29 is 9.53 Å². The van der Waals surface area contributed by atoms with Gasteiger partial charge in [0.1, 0.15) is 10.8 Å². The van der Waals surface area contributed by atoms with E-state index < -0.39 is 0 Å². The Balaban J connectivity index is 1.57. The number of urea groups is 1. The zero-order chi connectivity index (χ0) is 21.5. The highest BCUT2D eigenvalue weighted by molar-refractivity contribution is 7.15. The van der Waals surface area contributed by atoms with E-state index in [0.717, 1.165) is 30.5 Å². The summed E-state index contributed by atoms with van der Waals surface area (Å²) in [7, 11) is 1.64. The van der Waals surface area contributed by atoms with Gasteiger partial charge in [-0.1, -0.05) is 13.0 Å². The number of anilines is 1. The molecule has 2 aromatic heterocycles. The lowest BCUT2D eigenvalue weighted by molar-refractivity contribution is 0.181. The van der Waals surface area contributed by atoms with Crippen LogP contribution in [0, 0.1) is 6.92 Å². The highest BCUT2D eigenvalue weighted by Crippen LogP contribution is 2.43. The first kappa shape index (κ1) is 20.2. The number of ether oxygens (including phenoxy) is 1. The van der Waals surface area contributed by atoms with Crippen molar-refractivity contribution in [3.63, 3.8) is 0 Å². The van der Waals surface area contributed by atoms with Crippen molar-refractivity contribution in [3.05, 3.63) is 63.8 Å². The van der Waals surface area contributed by atoms with Crippen LogP contribution in [0.3, 0.4) is 0 Å². The minimum Gasteiger partial charge on any atom is -0.495 e. The van der Waals surface area contributed by atoms with Crippen LogP contribution >= 0.6 is 11.3 Å². The maximum absolute atomic E-state index is 13.7. The molecule has 5 nitrogen and oxygen atoms in total. The molecule has 6 heteroatoms. The van der Waals surface area contributed by atoms with E-state index in [9.17, 15) is 4.79 Å². The maximum Gasteiger partial charge on any atom is 0.322 e. The molecule has 162 valence electrons. The monoisotopic (exact) mass is 435 g/mol. The third kappa shape index (κ3) is 3.43. The second kappa shape index (κ2) is 8.08. The predicted octanol–water partition coefficient (Wildman–Crippen LogP) is 6.23. The van der Waals surface area contributed by atoms with Crippen LogP contribution in [-0.2, 0) is 19.4 Å². The zero-order valence-electron chi connectivity index (χ0n) is 18.4. The number of benzene rings is 1. The van der Waals surface area contributed by atoms with E-state index in [1.54, 1.807) is 7.11 Å². The maximum atomic E-state index is 13.7. The SMILES string of the molecule is CCC1c2cccn2-c2sc3c(c2CN1C(=O)Nc1cc(C)ccc1OC)CCCC3. The average molecular weight is 436 g/mol. The Kier molecular flexibility index (Phi) is 5.26. The van der Waals surface area contributed by atoms with Crippen molar-refractivity contribution >= 4 is 23.1 Å². The molecule has 1 aliphatic carbocycles. The Morgan fingerprint density at radius 3 is 2.87 bits per heavy atom. The minimum absolute atomic E-state index is 0.0182. The van der Waals surface area contributed by atoms with Gasteiger partial charge in [-0.2, -0.15) is 0 Å². The summed E-state index contributed by atoms with van der Waals surface area (Å²) in [5.41, 5.74) is 5.80. The molecule has 1 aromatic carbocycles. The third-order valence-corrected chi connectivity index (χ3v) is 7.88. The molecule has 2 aliphatic rings. The molecular weight excluding hydrogens is 406 g/mol. The Morgan fingerprint density at radius 2 is 2.06 bits per heavy atom. The summed E-state index contributed by atoms with van der Waals surface area (Å²) in [6.07, 6.45) is 7.80. The van der Waals surface area contributed by atoms with Gasteiger partial charge in [-0.3, -0.25) is 0 Å². The summed E-state index contributed by atoms with van der Waals surface area (Å²) in [6, 6.07) is 10.1. The quantitative estimate of drug-likeness (QED) is 0.530. The van der Waals surface area contributed by atoms with Gasteiger partial charge < -0.3 is 19.5 Å². The van der Waals surface area contributed by atoms with Crippen molar-refractivity contribution in [2.24, 2.45) is 0 Å². The number of nitrogens with one attached hydrogen (secondary N) is 1. The van der Waals surface area contributed by atoms with Gasteiger partial charge in [0.2, 0.25) is 0 Å². The summed E-state index contributed by atoms with van der Waals surface area (Å²) in [4.78, 5) is 17.2. The minimum atomic E-state index is -0.0768. The van der Waals surface area contributed by atoms with E-state index in [4.69, 9.17) is 4.74 Å². The van der Waals surface area contributed by atoms with E-state index in [-0.39, 0.29) is 12.1 Å². The Hall–Kier alpha value is -2.73. The number of amides is 2. The molecular formula is C25H29N3O2S. The van der Waals surface area contributed by atoms with E-state index >= 15 is 0 Å². The van der Waals surface area contributed by atoms with Crippen LogP contribution < -0.4 is 10.1 Å². The van der Waals surface area contributed by atoms with E-state index in [1.807, 2.05) is 41.4 Å². The van der Waals surface area contributed by atoms with E-state index in [0.29, 0.717) is 12.3 Å². The first-order chi connectivity index (χ1) is 15.1. The first-order valence-electron chi connectivity index (χ1n) is 11.1. The van der Waals surface area contributed by atoms with Crippen molar-refractivity contribution in [1.82, 2.24) is 9.47 Å². The van der Waals surface area contributed by atoms with Gasteiger partial charge in [0.15, 0.2) is 0 Å². The van der Waals surface area contributed by atoms with Crippen molar-refractivity contribution in [1.29, 1.82) is 0 Å². The number of carbonyl (C=O) groups is 1. The second-order valence-electron chi connectivity index (χ2n) is 8.48. The molecule has 0 spiro atoms. The molecule has 1 atom stereocenters. The number of thiophene rings is 1. The average Bonchev–Trinajstić information content (AvgIpc) is 3.36. The van der Waals surface area contributed by atoms with Gasteiger partial charge in [-0.15, -0.1) is 11.3 Å². The predicted molar refractivity (Wildman–Crippen MR) is 126 cm³/mol. The van der Waals surface area contributed by atoms with Gasteiger partial charge >= 0.3 is 6.03 Å². The number of fused-ring (bicyclic) bond motifs is 5. The largest absolute Gasteiger partial charge is 0.495 e. The van der Waals surface area contributed by atoms with Gasteiger partial charge in [-0.05, 0) is 74.4 Å². The molecule has 0 saturated carbocycles. The van der Waals surface area contributed by atoms with Crippen LogP contribution in [-0.4, -0.2) is 22.6 Å². The second-order valence-corrected chi connectivity index (χ2v) is 9.57. The van der Waals surface area contributed by atoms with Crippen molar-refractivity contribution in [2.75, 3.05) is 12.4 Å². The molecule has 0 radical (unpaired) electrons. The molecule has 3 aromatic rings. The Labute approximate surface area is 187 Å². The topological polar surface area (TPSA) is 46.5 Å². The number of hydrogen-bond donors (Lipinski definition) is 1. The smallest absolute Gasteiger partial charge is 0.322 e. The lowest BCUT2D eigenvalue weighted by atomic mass is 9.95. The van der Waals surface area contributed by atoms with Crippen molar-refractivity contribution in [3.8, 4) is 10.8 Å². The van der Waals surface area contributed by atoms with Crippen LogP contribution in [0.1, 0.15) is 59.5 Å². The van der Waals surface area contributed by atoms with Crippen LogP contribution in [0.5, 0.6) is 5.75 Å². The van der Waals surface area contributed by atoms with Crippen LogP contribution in [0.25, 0.3) is 5.00 Å². The lowest BCUT2D eigenvalue weighted by Crippen LogP contribution is -2.37. The molecule has 0 fully saturated rings. The fourth-order valence-corrected chi connectivity index (χ4v) is 6.42. The Bertz CT molecular complexity index is 1130. The van der Waals surface area contributed by atoms with E-state index in [1.165, 1.54) is 39.5 Å². The Morgan fingerprint density at radius 1 is 1.23 bits per heavy atom. The number of methoxy groups -OCH3 is 1. The van der Waals surface area contributed by atoms with Gasteiger partial charge in [-0.25, -0.2) is 4.79 Å². The molecule has 1 unspecified atom stereocenters. The highest BCUT2D eigenvalue weighted by Gasteiger charge is 2.34. The molecule has 1 aliphatic heterocycles. The van der Waals surface area contributed by atoms with E-state index in [2.05, 4.69) is 35.1 Å². The summed E-state index contributed by atoms with van der Waals surface area (Å²) in [5, 5.41) is 4.45. The zero-order valence-corrected chi connectivity index (χ0v) is 19.2. The number of aryl methyl sites for hydroxylation is 2. The fraction of sp³-hybridized carbons (Fsp3) is 0.400. The van der Waals surface area contributed by atoms with Gasteiger partial charge in [0.05, 0.1) is 25.4 Å². The number of carbonyl (C=O) groups excluding carboxylic acids is 1. The molecule has 5 rings (SSSR count). The van der Waals surface area contributed by atoms with Gasteiger partial charge in [0, 0.05) is 22.3 Å². The standard InChI is InChI=1S/C25H29N3O2S/c1-4-20-21-9-7-13-27(21)24-18(17-8-5-6-10-23(17)31-24)15-28(20)25(29)26-19-14-16(2)11-12-22(19)30-3/h7,9,11-14,20H,4-6,8,10,15H2,1-3H3,(H,26,29). The summed E-state index contributed by atoms with van der Waals surface area (Å²) in [5.74, 6) is 0.679. The third-order valence-electron chi connectivity index (χ3n) is 6.55.